The monoisotopic (exact) mass is 264 g/mol. The van der Waals surface area contributed by atoms with Gasteiger partial charge in [-0.05, 0) is 20.2 Å². The number of nitrogens with zero attached hydrogens (tertiary/aromatic N) is 1. The van der Waals surface area contributed by atoms with E-state index in [4.69, 9.17) is 4.74 Å². The molecule has 0 aliphatic carbocycles. The van der Waals surface area contributed by atoms with E-state index in [9.17, 15) is 9.90 Å². The van der Waals surface area contributed by atoms with E-state index in [0.717, 1.165) is 6.54 Å². The van der Waals surface area contributed by atoms with Crippen molar-refractivity contribution in [2.45, 2.75) is 12.0 Å². The zero-order valence-electron chi connectivity index (χ0n) is 11.3. The molecule has 1 heterocycles. The lowest BCUT2D eigenvalue weighted by atomic mass is 9.84. The second kappa shape index (κ2) is 5.59. The second-order valence-electron chi connectivity index (χ2n) is 5.04. The summed E-state index contributed by atoms with van der Waals surface area (Å²) in [7, 11) is 3.93. The van der Waals surface area contributed by atoms with Crippen LogP contribution >= 0.6 is 0 Å². The molecule has 1 aliphatic heterocycles. The number of para-hydroxylation sites is 1. The lowest BCUT2D eigenvalue weighted by Gasteiger charge is -2.36. The van der Waals surface area contributed by atoms with Crippen LogP contribution in [0.4, 0.5) is 0 Å². The predicted octanol–water partition coefficient (Wildman–Crippen LogP) is 0.900. The van der Waals surface area contributed by atoms with Crippen molar-refractivity contribution in [3.05, 3.63) is 29.8 Å². The Bertz CT molecular complexity index is 462. The van der Waals surface area contributed by atoms with Gasteiger partial charge in [-0.3, -0.25) is 5.32 Å². The molecule has 0 saturated heterocycles. The van der Waals surface area contributed by atoms with Crippen LogP contribution in [-0.2, 0) is 10.3 Å². The lowest BCUT2D eigenvalue weighted by molar-refractivity contribution is -0.146. The number of hydrogen-bond donors (Lipinski definition) is 2. The summed E-state index contributed by atoms with van der Waals surface area (Å²) in [6.45, 7) is 1.82. The Kier molecular flexibility index (Phi) is 4.07. The molecule has 0 radical (unpaired) electrons. The van der Waals surface area contributed by atoms with E-state index in [-0.39, 0.29) is 0 Å². The first kappa shape index (κ1) is 13.8. The van der Waals surface area contributed by atoms with Crippen molar-refractivity contribution in [1.29, 1.82) is 0 Å². The quantitative estimate of drug-likeness (QED) is 0.827. The van der Waals surface area contributed by atoms with Crippen molar-refractivity contribution in [2.24, 2.45) is 0 Å². The highest BCUT2D eigenvalue weighted by molar-refractivity contribution is 5.82. The fourth-order valence-corrected chi connectivity index (χ4v) is 2.37. The van der Waals surface area contributed by atoms with Crippen molar-refractivity contribution in [1.82, 2.24) is 10.2 Å². The Morgan fingerprint density at radius 2 is 2.21 bits per heavy atom. The van der Waals surface area contributed by atoms with Gasteiger partial charge >= 0.3 is 5.97 Å². The van der Waals surface area contributed by atoms with Crippen LogP contribution in [0.3, 0.4) is 0 Å². The van der Waals surface area contributed by atoms with Crippen molar-refractivity contribution in [3.63, 3.8) is 0 Å². The van der Waals surface area contributed by atoms with Gasteiger partial charge in [0.15, 0.2) is 0 Å². The number of carboxylic acid groups (broad SMARTS) is 1. The summed E-state index contributed by atoms with van der Waals surface area (Å²) in [4.78, 5) is 13.8. The van der Waals surface area contributed by atoms with Crippen LogP contribution in [0.5, 0.6) is 5.75 Å². The molecule has 1 aliphatic rings. The van der Waals surface area contributed by atoms with Gasteiger partial charge in [0.25, 0.3) is 0 Å². The first-order chi connectivity index (χ1) is 9.06. The third-order valence-corrected chi connectivity index (χ3v) is 3.43. The fourth-order valence-electron chi connectivity index (χ4n) is 2.37. The molecule has 1 aromatic carbocycles. The topological polar surface area (TPSA) is 61.8 Å². The standard InChI is InChI=1S/C14H20N2O3/c1-16(2)9-8-15-14(13(17)18)7-10-19-12-6-4-3-5-11(12)14/h3-6,15H,7-10H2,1-2H3,(H,17,18). The van der Waals surface area contributed by atoms with E-state index in [0.29, 0.717) is 30.9 Å². The molecule has 0 fully saturated rings. The number of carboxylic acids is 1. The Morgan fingerprint density at radius 3 is 2.89 bits per heavy atom. The summed E-state index contributed by atoms with van der Waals surface area (Å²) in [5.41, 5.74) is -0.322. The second-order valence-corrected chi connectivity index (χ2v) is 5.04. The largest absolute Gasteiger partial charge is 0.493 e. The molecule has 5 nitrogen and oxygen atoms in total. The van der Waals surface area contributed by atoms with Crippen molar-refractivity contribution in [2.75, 3.05) is 33.8 Å². The molecule has 19 heavy (non-hydrogen) atoms. The molecular formula is C14H20N2O3. The molecular weight excluding hydrogens is 244 g/mol. The molecule has 0 amide bonds. The Labute approximate surface area is 113 Å². The van der Waals surface area contributed by atoms with Crippen molar-refractivity contribution >= 4 is 5.97 Å². The zero-order valence-corrected chi connectivity index (χ0v) is 11.3. The first-order valence-corrected chi connectivity index (χ1v) is 6.42. The number of likely N-dealkylation sites (N-methyl/N-ethyl adjacent to an activating group) is 1. The summed E-state index contributed by atoms with van der Waals surface area (Å²) in [5.74, 6) is -0.185. The van der Waals surface area contributed by atoms with E-state index in [2.05, 4.69) is 5.32 Å². The van der Waals surface area contributed by atoms with Gasteiger partial charge in [-0.25, -0.2) is 4.79 Å². The summed E-state index contributed by atoms with van der Waals surface area (Å²) in [6.07, 6.45) is 0.437. The first-order valence-electron chi connectivity index (χ1n) is 6.42. The molecule has 2 rings (SSSR count). The molecule has 1 unspecified atom stereocenters. The zero-order chi connectivity index (χ0) is 13.9. The van der Waals surface area contributed by atoms with Gasteiger partial charge in [0, 0.05) is 25.1 Å². The van der Waals surface area contributed by atoms with Gasteiger partial charge in [0.2, 0.25) is 0 Å². The summed E-state index contributed by atoms with van der Waals surface area (Å²) < 4.78 is 5.54. The SMILES string of the molecule is CN(C)CCNC1(C(=O)O)CCOc2ccccc21. The minimum absolute atomic E-state index is 0.415. The average molecular weight is 264 g/mol. The third kappa shape index (κ3) is 2.72. The highest BCUT2D eigenvalue weighted by Gasteiger charge is 2.44. The average Bonchev–Trinajstić information content (AvgIpc) is 2.38. The minimum atomic E-state index is -1.04. The lowest BCUT2D eigenvalue weighted by Crippen LogP contribution is -2.53. The maximum atomic E-state index is 11.8. The number of benzene rings is 1. The number of fused-ring (bicyclic) bond motifs is 1. The number of ether oxygens (including phenoxy) is 1. The van der Waals surface area contributed by atoms with Gasteiger partial charge in [-0.15, -0.1) is 0 Å². The van der Waals surface area contributed by atoms with E-state index >= 15 is 0 Å². The molecule has 1 aromatic rings. The fraction of sp³-hybridized carbons (Fsp3) is 0.500. The smallest absolute Gasteiger partial charge is 0.328 e. The maximum absolute atomic E-state index is 11.8. The van der Waals surface area contributed by atoms with Crippen LogP contribution in [0.2, 0.25) is 0 Å². The summed E-state index contributed by atoms with van der Waals surface area (Å²) in [5, 5.41) is 12.9. The van der Waals surface area contributed by atoms with E-state index in [1.54, 1.807) is 0 Å². The number of hydrogen-bond acceptors (Lipinski definition) is 4. The summed E-state index contributed by atoms with van der Waals surface area (Å²) in [6, 6.07) is 7.35. The van der Waals surface area contributed by atoms with E-state index in [1.165, 1.54) is 0 Å². The van der Waals surface area contributed by atoms with Gasteiger partial charge in [0.1, 0.15) is 11.3 Å². The van der Waals surface area contributed by atoms with E-state index in [1.807, 2.05) is 43.3 Å². The number of nitrogens with one attached hydrogen (secondary N) is 1. The van der Waals surface area contributed by atoms with Crippen LogP contribution in [0, 0.1) is 0 Å². The molecule has 1 atom stereocenters. The minimum Gasteiger partial charge on any atom is -0.493 e. The highest BCUT2D eigenvalue weighted by atomic mass is 16.5. The predicted molar refractivity (Wildman–Crippen MR) is 72.4 cm³/mol. The normalized spacial score (nSPS) is 21.8. The maximum Gasteiger partial charge on any atom is 0.328 e. The van der Waals surface area contributed by atoms with Crippen molar-refractivity contribution < 1.29 is 14.6 Å². The Balaban J connectivity index is 2.28. The molecule has 104 valence electrons. The van der Waals surface area contributed by atoms with Crippen LogP contribution in [-0.4, -0.2) is 49.8 Å². The summed E-state index contributed by atoms with van der Waals surface area (Å²) >= 11 is 0. The van der Waals surface area contributed by atoms with Gasteiger partial charge < -0.3 is 14.7 Å². The molecule has 0 aromatic heterocycles. The molecule has 2 N–H and O–H groups in total. The molecule has 0 saturated carbocycles. The van der Waals surface area contributed by atoms with Gasteiger partial charge in [0.05, 0.1) is 6.61 Å². The van der Waals surface area contributed by atoms with Crippen LogP contribution < -0.4 is 10.1 Å². The molecule has 0 spiro atoms. The van der Waals surface area contributed by atoms with Gasteiger partial charge in [-0.1, -0.05) is 18.2 Å². The molecule has 0 bridgehead atoms. The Morgan fingerprint density at radius 1 is 1.47 bits per heavy atom. The number of rotatable bonds is 5. The Hall–Kier alpha value is -1.59. The van der Waals surface area contributed by atoms with E-state index < -0.39 is 11.5 Å². The molecule has 5 heteroatoms. The highest BCUT2D eigenvalue weighted by Crippen LogP contribution is 2.36. The third-order valence-electron chi connectivity index (χ3n) is 3.43. The van der Waals surface area contributed by atoms with Crippen LogP contribution in [0.1, 0.15) is 12.0 Å². The van der Waals surface area contributed by atoms with Crippen molar-refractivity contribution in [3.8, 4) is 5.75 Å². The van der Waals surface area contributed by atoms with Gasteiger partial charge in [-0.2, -0.15) is 0 Å². The number of aliphatic carboxylic acids is 1. The van der Waals surface area contributed by atoms with Crippen LogP contribution in [0.15, 0.2) is 24.3 Å². The number of carbonyl (C=O) groups is 1. The van der Waals surface area contributed by atoms with Crippen LogP contribution in [0.25, 0.3) is 0 Å².